The number of ether oxygens (including phenoxy) is 1. The predicted octanol–water partition coefficient (Wildman–Crippen LogP) is 2.09. The van der Waals surface area contributed by atoms with Crippen molar-refractivity contribution >= 4 is 11.8 Å². The number of methoxy groups -OCH3 is 1. The fourth-order valence-corrected chi connectivity index (χ4v) is 2.00. The van der Waals surface area contributed by atoms with Crippen molar-refractivity contribution in [1.82, 2.24) is 0 Å². The molecular weight excluding hydrogens is 180 g/mol. The van der Waals surface area contributed by atoms with E-state index in [0.29, 0.717) is 18.1 Å². The van der Waals surface area contributed by atoms with E-state index in [0.717, 1.165) is 38.5 Å². The number of esters is 1. The van der Waals surface area contributed by atoms with Gasteiger partial charge in [-0.15, -0.1) is 0 Å². The molecule has 0 aliphatic heterocycles. The van der Waals surface area contributed by atoms with Gasteiger partial charge >= 0.3 is 5.97 Å². The molecule has 0 N–H and O–H groups in total. The zero-order valence-corrected chi connectivity index (χ0v) is 8.75. The van der Waals surface area contributed by atoms with Crippen LogP contribution in [0, 0.1) is 5.92 Å². The third-order valence-corrected chi connectivity index (χ3v) is 2.81. The molecule has 1 saturated carbocycles. The highest BCUT2D eigenvalue weighted by Crippen LogP contribution is 2.25. The molecule has 0 amide bonds. The molecule has 1 rings (SSSR count). The molecule has 1 aliphatic rings. The summed E-state index contributed by atoms with van der Waals surface area (Å²) in [4.78, 5) is 22.0. The maximum atomic E-state index is 11.1. The molecule has 1 atom stereocenters. The van der Waals surface area contributed by atoms with Crippen LogP contribution in [0.5, 0.6) is 0 Å². The summed E-state index contributed by atoms with van der Waals surface area (Å²) in [6.07, 6.45) is 5.98. The Hall–Kier alpha value is -0.860. The fraction of sp³-hybridized carbons (Fsp3) is 0.818. The van der Waals surface area contributed by atoms with E-state index in [-0.39, 0.29) is 5.97 Å². The van der Waals surface area contributed by atoms with E-state index in [1.54, 1.807) is 0 Å². The fourth-order valence-electron chi connectivity index (χ4n) is 2.00. The van der Waals surface area contributed by atoms with Crippen molar-refractivity contribution in [3.63, 3.8) is 0 Å². The summed E-state index contributed by atoms with van der Waals surface area (Å²) in [6, 6.07) is 0. The number of rotatable bonds is 4. The first-order valence-corrected chi connectivity index (χ1v) is 5.31. The minimum Gasteiger partial charge on any atom is -0.469 e. The Morgan fingerprint density at radius 3 is 3.00 bits per heavy atom. The number of hydrogen-bond acceptors (Lipinski definition) is 3. The van der Waals surface area contributed by atoms with Gasteiger partial charge in [-0.05, 0) is 31.6 Å². The smallest absolute Gasteiger partial charge is 0.305 e. The molecule has 0 spiro atoms. The average Bonchev–Trinajstić information content (AvgIpc) is 2.17. The minimum atomic E-state index is -0.146. The Balaban J connectivity index is 2.11. The lowest BCUT2D eigenvalue weighted by Crippen LogP contribution is -2.15. The van der Waals surface area contributed by atoms with Gasteiger partial charge in [0.1, 0.15) is 5.78 Å². The molecule has 0 bridgehead atoms. The van der Waals surface area contributed by atoms with Gasteiger partial charge in [0, 0.05) is 19.3 Å². The minimum absolute atomic E-state index is 0.146. The molecule has 0 aromatic rings. The van der Waals surface area contributed by atoms with Crippen molar-refractivity contribution in [2.24, 2.45) is 5.92 Å². The van der Waals surface area contributed by atoms with Gasteiger partial charge < -0.3 is 4.74 Å². The van der Waals surface area contributed by atoms with Crippen LogP contribution in [0.15, 0.2) is 0 Å². The molecule has 0 aromatic carbocycles. The van der Waals surface area contributed by atoms with Crippen LogP contribution >= 0.6 is 0 Å². The Morgan fingerprint density at radius 1 is 1.57 bits per heavy atom. The first-order valence-electron chi connectivity index (χ1n) is 5.31. The van der Waals surface area contributed by atoms with Crippen LogP contribution in [0.1, 0.15) is 44.9 Å². The topological polar surface area (TPSA) is 43.4 Å². The van der Waals surface area contributed by atoms with Gasteiger partial charge in [-0.2, -0.15) is 0 Å². The number of carbonyl (C=O) groups is 2. The lowest BCUT2D eigenvalue weighted by molar-refractivity contribution is -0.140. The maximum absolute atomic E-state index is 11.1. The van der Waals surface area contributed by atoms with Crippen LogP contribution in [0.3, 0.4) is 0 Å². The van der Waals surface area contributed by atoms with Crippen LogP contribution in [-0.2, 0) is 14.3 Å². The van der Waals surface area contributed by atoms with Gasteiger partial charge in [0.15, 0.2) is 0 Å². The first kappa shape index (κ1) is 11.2. The van der Waals surface area contributed by atoms with Crippen molar-refractivity contribution in [2.45, 2.75) is 44.9 Å². The van der Waals surface area contributed by atoms with Crippen molar-refractivity contribution in [3.8, 4) is 0 Å². The molecule has 3 heteroatoms. The molecular formula is C11H18O3. The number of ketones is 1. The number of carbonyl (C=O) groups excluding carboxylic acids is 2. The molecule has 0 aromatic heterocycles. The molecule has 14 heavy (non-hydrogen) atoms. The molecule has 0 radical (unpaired) electrons. The summed E-state index contributed by atoms with van der Waals surface area (Å²) >= 11 is 0. The lowest BCUT2D eigenvalue weighted by atomic mass is 9.85. The van der Waals surface area contributed by atoms with E-state index in [1.807, 2.05) is 0 Å². The van der Waals surface area contributed by atoms with E-state index < -0.39 is 0 Å². The Morgan fingerprint density at radius 2 is 2.36 bits per heavy atom. The van der Waals surface area contributed by atoms with Crippen molar-refractivity contribution < 1.29 is 14.3 Å². The molecule has 3 nitrogen and oxygen atoms in total. The van der Waals surface area contributed by atoms with Crippen LogP contribution in [0.25, 0.3) is 0 Å². The second kappa shape index (κ2) is 5.78. The van der Waals surface area contributed by atoms with Gasteiger partial charge in [0.25, 0.3) is 0 Å². The van der Waals surface area contributed by atoms with Gasteiger partial charge in [0.05, 0.1) is 7.11 Å². The quantitative estimate of drug-likeness (QED) is 0.650. The van der Waals surface area contributed by atoms with Gasteiger partial charge in [-0.1, -0.05) is 0 Å². The van der Waals surface area contributed by atoms with Crippen LogP contribution in [0.4, 0.5) is 0 Å². The summed E-state index contributed by atoms with van der Waals surface area (Å²) in [5.41, 5.74) is 0. The van der Waals surface area contributed by atoms with Crippen molar-refractivity contribution in [2.75, 3.05) is 7.11 Å². The highest BCUT2D eigenvalue weighted by molar-refractivity contribution is 5.79. The molecule has 1 aliphatic carbocycles. The summed E-state index contributed by atoms with van der Waals surface area (Å²) in [7, 11) is 1.41. The van der Waals surface area contributed by atoms with Gasteiger partial charge in [-0.3, -0.25) is 9.59 Å². The Bertz CT molecular complexity index is 211. The number of hydrogen-bond donors (Lipinski definition) is 0. The SMILES string of the molecule is COC(=O)CCCC1CCCC(=O)C1. The van der Waals surface area contributed by atoms with E-state index in [1.165, 1.54) is 7.11 Å². The Labute approximate surface area is 84.8 Å². The van der Waals surface area contributed by atoms with Gasteiger partial charge in [0.2, 0.25) is 0 Å². The summed E-state index contributed by atoms with van der Waals surface area (Å²) < 4.78 is 4.55. The highest BCUT2D eigenvalue weighted by Gasteiger charge is 2.19. The van der Waals surface area contributed by atoms with E-state index in [2.05, 4.69) is 4.74 Å². The van der Waals surface area contributed by atoms with E-state index in [4.69, 9.17) is 0 Å². The molecule has 1 unspecified atom stereocenters. The van der Waals surface area contributed by atoms with Gasteiger partial charge in [-0.25, -0.2) is 0 Å². The van der Waals surface area contributed by atoms with Crippen molar-refractivity contribution in [1.29, 1.82) is 0 Å². The highest BCUT2D eigenvalue weighted by atomic mass is 16.5. The Kier molecular flexibility index (Phi) is 4.63. The van der Waals surface area contributed by atoms with E-state index in [9.17, 15) is 9.59 Å². The standard InChI is InChI=1S/C11H18O3/c1-14-11(13)7-3-5-9-4-2-6-10(12)8-9/h9H,2-8H2,1H3. The molecule has 1 fully saturated rings. The second-order valence-corrected chi connectivity index (χ2v) is 3.97. The zero-order chi connectivity index (χ0) is 10.4. The maximum Gasteiger partial charge on any atom is 0.305 e. The van der Waals surface area contributed by atoms with Crippen molar-refractivity contribution in [3.05, 3.63) is 0 Å². The molecule has 0 saturated heterocycles. The molecule has 0 heterocycles. The monoisotopic (exact) mass is 198 g/mol. The summed E-state index contributed by atoms with van der Waals surface area (Å²) in [5.74, 6) is 0.757. The normalized spacial score (nSPS) is 22.1. The van der Waals surface area contributed by atoms with Crippen LogP contribution in [-0.4, -0.2) is 18.9 Å². The largest absolute Gasteiger partial charge is 0.469 e. The molecule has 80 valence electrons. The first-order chi connectivity index (χ1) is 6.72. The average molecular weight is 198 g/mol. The second-order valence-electron chi connectivity index (χ2n) is 3.97. The van der Waals surface area contributed by atoms with E-state index >= 15 is 0 Å². The lowest BCUT2D eigenvalue weighted by Gasteiger charge is -2.20. The zero-order valence-electron chi connectivity index (χ0n) is 8.75. The summed E-state index contributed by atoms with van der Waals surface area (Å²) in [6.45, 7) is 0. The predicted molar refractivity (Wildman–Crippen MR) is 52.8 cm³/mol. The third kappa shape index (κ3) is 3.90. The third-order valence-electron chi connectivity index (χ3n) is 2.81. The van der Waals surface area contributed by atoms with Crippen LogP contribution in [0.2, 0.25) is 0 Å². The summed E-state index contributed by atoms with van der Waals surface area (Å²) in [5, 5.41) is 0. The van der Waals surface area contributed by atoms with Crippen LogP contribution < -0.4 is 0 Å². The number of Topliss-reactive ketones (excluding diaryl/α,β-unsaturated/α-hetero) is 1.